The normalized spacial score (nSPS) is 13.3. The molecule has 0 rings (SSSR count). The van der Waals surface area contributed by atoms with E-state index in [0.29, 0.717) is 12.8 Å². The third-order valence-corrected chi connectivity index (χ3v) is 10.2. The third kappa shape index (κ3) is 50.3. The zero-order chi connectivity index (χ0) is 47.9. The molecular formula is C60H92O6. The summed E-state index contributed by atoms with van der Waals surface area (Å²) in [4.78, 5) is 38.0. The van der Waals surface area contributed by atoms with Crippen LogP contribution in [0.3, 0.4) is 0 Å². The van der Waals surface area contributed by atoms with Crippen LogP contribution in [0.2, 0.25) is 0 Å². The van der Waals surface area contributed by atoms with E-state index in [-0.39, 0.29) is 37.5 Å². The maximum atomic E-state index is 12.8. The smallest absolute Gasteiger partial charge is 0.306 e. The summed E-state index contributed by atoms with van der Waals surface area (Å²) in [5.74, 6) is -1.01. The summed E-state index contributed by atoms with van der Waals surface area (Å²) in [5, 5.41) is 0. The van der Waals surface area contributed by atoms with E-state index in [0.717, 1.165) is 141 Å². The Morgan fingerprint density at radius 2 is 0.621 bits per heavy atom. The fourth-order valence-electron chi connectivity index (χ4n) is 6.37. The van der Waals surface area contributed by atoms with Crippen molar-refractivity contribution in [2.75, 3.05) is 13.2 Å². The Kier molecular flexibility index (Phi) is 49.1. The van der Waals surface area contributed by atoms with Gasteiger partial charge < -0.3 is 14.2 Å². The van der Waals surface area contributed by atoms with Crippen molar-refractivity contribution in [1.82, 2.24) is 0 Å². The largest absolute Gasteiger partial charge is 0.462 e. The molecular weight excluding hydrogens is 817 g/mol. The van der Waals surface area contributed by atoms with E-state index >= 15 is 0 Å². The predicted molar refractivity (Wildman–Crippen MR) is 283 cm³/mol. The van der Waals surface area contributed by atoms with Crippen LogP contribution in [-0.4, -0.2) is 37.2 Å². The van der Waals surface area contributed by atoms with E-state index in [9.17, 15) is 14.4 Å². The molecule has 368 valence electrons. The van der Waals surface area contributed by atoms with Crippen LogP contribution in [0.1, 0.15) is 194 Å². The van der Waals surface area contributed by atoms with Gasteiger partial charge in [0, 0.05) is 19.3 Å². The van der Waals surface area contributed by atoms with Gasteiger partial charge in [0.25, 0.3) is 0 Å². The fourth-order valence-corrected chi connectivity index (χ4v) is 6.37. The lowest BCUT2D eigenvalue weighted by atomic mass is 10.1. The van der Waals surface area contributed by atoms with Crippen molar-refractivity contribution in [2.24, 2.45) is 0 Å². The first-order valence-electron chi connectivity index (χ1n) is 25.9. The summed E-state index contributed by atoms with van der Waals surface area (Å²) in [6.45, 7) is 6.17. The number of hydrogen-bond acceptors (Lipinski definition) is 6. The minimum atomic E-state index is -0.821. The summed E-state index contributed by atoms with van der Waals surface area (Å²) in [5.41, 5.74) is 0. The SMILES string of the molecule is CC\C=C/C=C\C=C/C=C\CCCCCC(=O)OCC(COC(=O)CCCCC/C=C\C/C=C\C/C=C\C/C=C\C/C=C\CC)OC(=O)CCCCCCCC/C=C\C/C=C\C/C=C\CC. The van der Waals surface area contributed by atoms with Crippen LogP contribution in [0.15, 0.2) is 146 Å². The molecule has 0 N–H and O–H groups in total. The van der Waals surface area contributed by atoms with E-state index in [4.69, 9.17) is 14.2 Å². The monoisotopic (exact) mass is 909 g/mol. The molecule has 1 unspecified atom stereocenters. The molecule has 0 aromatic carbocycles. The molecule has 0 aliphatic rings. The van der Waals surface area contributed by atoms with E-state index in [1.165, 1.54) is 12.8 Å². The zero-order valence-electron chi connectivity index (χ0n) is 41.9. The Bertz CT molecular complexity index is 1510. The Balaban J connectivity index is 4.55. The lowest BCUT2D eigenvalue weighted by Crippen LogP contribution is -2.30. The second kappa shape index (κ2) is 52.9. The van der Waals surface area contributed by atoms with Crippen LogP contribution in [0.4, 0.5) is 0 Å². The van der Waals surface area contributed by atoms with E-state index in [1.54, 1.807) is 0 Å². The average Bonchev–Trinajstić information content (AvgIpc) is 3.31. The lowest BCUT2D eigenvalue weighted by Gasteiger charge is -2.18. The predicted octanol–water partition coefficient (Wildman–Crippen LogP) is 17.3. The molecule has 6 heteroatoms. The molecule has 0 radical (unpaired) electrons. The van der Waals surface area contributed by atoms with Gasteiger partial charge in [0.2, 0.25) is 0 Å². The van der Waals surface area contributed by atoms with E-state index in [1.807, 2.05) is 36.5 Å². The molecule has 0 heterocycles. The molecule has 6 nitrogen and oxygen atoms in total. The Morgan fingerprint density at radius 3 is 1.05 bits per heavy atom. The Hall–Kier alpha value is -4.71. The third-order valence-electron chi connectivity index (χ3n) is 10.2. The highest BCUT2D eigenvalue weighted by molar-refractivity contribution is 5.71. The summed E-state index contributed by atoms with van der Waals surface area (Å²) >= 11 is 0. The fraction of sp³-hybridized carbons (Fsp3) is 0.550. The highest BCUT2D eigenvalue weighted by atomic mass is 16.6. The number of ether oxygens (including phenoxy) is 3. The van der Waals surface area contributed by atoms with Crippen molar-refractivity contribution in [3.05, 3.63) is 146 Å². The van der Waals surface area contributed by atoms with Crippen LogP contribution in [0, 0.1) is 0 Å². The molecule has 0 fully saturated rings. The van der Waals surface area contributed by atoms with Gasteiger partial charge >= 0.3 is 17.9 Å². The van der Waals surface area contributed by atoms with E-state index < -0.39 is 6.10 Å². The van der Waals surface area contributed by atoms with Gasteiger partial charge in [-0.05, 0) is 116 Å². The number of carbonyl (C=O) groups is 3. The topological polar surface area (TPSA) is 78.9 Å². The average molecular weight is 909 g/mol. The van der Waals surface area contributed by atoms with Crippen LogP contribution in [0.5, 0.6) is 0 Å². The molecule has 0 aliphatic heterocycles. The molecule has 1 atom stereocenters. The Labute approximate surface area is 404 Å². The van der Waals surface area contributed by atoms with Gasteiger partial charge in [-0.3, -0.25) is 14.4 Å². The molecule has 0 aromatic heterocycles. The van der Waals surface area contributed by atoms with Gasteiger partial charge in [0.15, 0.2) is 6.10 Å². The number of esters is 3. The standard InChI is InChI=1S/C60H92O6/c1-4-7-10-13-16-19-22-25-27-29-30-31-33-35-38-41-44-47-50-53-59(62)65-56-57(55-64-58(61)52-49-46-43-40-37-34-24-21-18-15-12-9-6-3)66-60(63)54-51-48-45-42-39-36-32-28-26-23-20-17-14-11-8-5-2/h7-12,15-21,24-28,30-31,34-35,37-38,57H,4-6,13-14,22-23,29,32-33,36,39-56H2,1-3H3/b10-7-,11-8-,12-9-,18-15-,19-16-,20-17-,24-21-,27-25-,28-26-,31-30-,37-34-,38-35-. The maximum absolute atomic E-state index is 12.8. The van der Waals surface area contributed by atoms with Crippen LogP contribution >= 0.6 is 0 Å². The van der Waals surface area contributed by atoms with Crippen LogP contribution in [-0.2, 0) is 28.6 Å². The highest BCUT2D eigenvalue weighted by Gasteiger charge is 2.19. The van der Waals surface area contributed by atoms with Crippen LogP contribution in [0.25, 0.3) is 0 Å². The van der Waals surface area contributed by atoms with Crippen molar-refractivity contribution in [2.45, 2.75) is 200 Å². The first-order chi connectivity index (χ1) is 32.5. The van der Waals surface area contributed by atoms with Gasteiger partial charge in [-0.2, -0.15) is 0 Å². The Morgan fingerprint density at radius 1 is 0.318 bits per heavy atom. The summed E-state index contributed by atoms with van der Waals surface area (Å²) in [7, 11) is 0. The quantitative estimate of drug-likeness (QED) is 0.0199. The number of rotatable bonds is 44. The minimum absolute atomic E-state index is 0.120. The molecule has 66 heavy (non-hydrogen) atoms. The second-order valence-electron chi connectivity index (χ2n) is 16.4. The molecule has 0 saturated carbocycles. The summed E-state index contributed by atoms with van der Waals surface area (Å²) in [6, 6.07) is 0. The number of allylic oxidation sites excluding steroid dienone is 24. The van der Waals surface area contributed by atoms with Gasteiger partial charge in [0.05, 0.1) is 0 Å². The minimum Gasteiger partial charge on any atom is -0.462 e. The molecule has 0 spiro atoms. The van der Waals surface area contributed by atoms with Gasteiger partial charge in [-0.25, -0.2) is 0 Å². The van der Waals surface area contributed by atoms with Gasteiger partial charge in [0.1, 0.15) is 13.2 Å². The maximum Gasteiger partial charge on any atom is 0.306 e. The molecule has 0 saturated heterocycles. The number of hydrogen-bond donors (Lipinski definition) is 0. The molecule has 0 aromatic rings. The van der Waals surface area contributed by atoms with Gasteiger partial charge in [-0.1, -0.05) is 205 Å². The lowest BCUT2D eigenvalue weighted by molar-refractivity contribution is -0.167. The molecule has 0 aliphatic carbocycles. The first kappa shape index (κ1) is 61.3. The van der Waals surface area contributed by atoms with Gasteiger partial charge in [-0.15, -0.1) is 0 Å². The van der Waals surface area contributed by atoms with Crippen molar-refractivity contribution in [1.29, 1.82) is 0 Å². The summed E-state index contributed by atoms with van der Waals surface area (Å²) < 4.78 is 16.7. The summed E-state index contributed by atoms with van der Waals surface area (Å²) in [6.07, 6.45) is 75.4. The zero-order valence-corrected chi connectivity index (χ0v) is 41.9. The van der Waals surface area contributed by atoms with Crippen molar-refractivity contribution in [3.63, 3.8) is 0 Å². The van der Waals surface area contributed by atoms with Crippen molar-refractivity contribution in [3.8, 4) is 0 Å². The molecule has 0 bridgehead atoms. The first-order valence-corrected chi connectivity index (χ1v) is 25.9. The number of unbranched alkanes of at least 4 members (excludes halogenated alkanes) is 12. The van der Waals surface area contributed by atoms with Crippen molar-refractivity contribution < 1.29 is 28.6 Å². The van der Waals surface area contributed by atoms with E-state index in [2.05, 4.69) is 130 Å². The van der Waals surface area contributed by atoms with Crippen LogP contribution < -0.4 is 0 Å². The highest BCUT2D eigenvalue weighted by Crippen LogP contribution is 2.12. The number of carbonyl (C=O) groups excluding carboxylic acids is 3. The second-order valence-corrected chi connectivity index (χ2v) is 16.4. The molecule has 0 amide bonds. The van der Waals surface area contributed by atoms with Crippen molar-refractivity contribution >= 4 is 17.9 Å².